The van der Waals surface area contributed by atoms with Crippen LogP contribution >= 0.6 is 0 Å². The van der Waals surface area contributed by atoms with Crippen LogP contribution in [-0.2, 0) is 6.42 Å². The van der Waals surface area contributed by atoms with Crippen molar-refractivity contribution in [1.82, 2.24) is 26.2 Å². The maximum atomic E-state index is 5.88. The van der Waals surface area contributed by atoms with Gasteiger partial charge in [-0.3, -0.25) is 0 Å². The molecule has 0 aliphatic carbocycles. The van der Waals surface area contributed by atoms with Crippen LogP contribution in [0.3, 0.4) is 0 Å². The van der Waals surface area contributed by atoms with E-state index in [2.05, 4.69) is 104 Å². The predicted molar refractivity (Wildman–Crippen MR) is 165 cm³/mol. The Balaban J connectivity index is 2.03. The van der Waals surface area contributed by atoms with Gasteiger partial charge in [-0.25, -0.2) is 0 Å². The lowest BCUT2D eigenvalue weighted by molar-refractivity contribution is 0.288. The van der Waals surface area contributed by atoms with Gasteiger partial charge >= 0.3 is 0 Å². The average Bonchev–Trinajstić information content (AvgIpc) is 3.18. The van der Waals surface area contributed by atoms with Crippen molar-refractivity contribution in [3.05, 3.63) is 72.7 Å². The summed E-state index contributed by atoms with van der Waals surface area (Å²) in [5.41, 5.74) is 9.98. The van der Waals surface area contributed by atoms with Gasteiger partial charge in [0.25, 0.3) is 0 Å². The number of nitrogens with two attached hydrogens (primary N) is 1. The van der Waals surface area contributed by atoms with E-state index in [0.717, 1.165) is 50.3 Å². The van der Waals surface area contributed by atoms with E-state index in [1.54, 1.807) is 0 Å². The van der Waals surface area contributed by atoms with E-state index in [4.69, 9.17) is 5.73 Å². The molecular weight excluding hydrogens is 468 g/mol. The van der Waals surface area contributed by atoms with Gasteiger partial charge in [-0.1, -0.05) is 76.8 Å². The van der Waals surface area contributed by atoms with Crippen molar-refractivity contribution in [2.45, 2.75) is 96.3 Å². The molecule has 2 atom stereocenters. The second-order valence-electron chi connectivity index (χ2n) is 11.7. The minimum absolute atomic E-state index is 0.124. The van der Waals surface area contributed by atoms with Crippen LogP contribution in [0.1, 0.15) is 71.8 Å². The van der Waals surface area contributed by atoms with E-state index in [0.29, 0.717) is 19.1 Å². The molecule has 0 aromatic heterocycles. The molecule has 0 saturated carbocycles. The summed E-state index contributed by atoms with van der Waals surface area (Å²) in [5, 5.41) is 14.6. The molecule has 1 aliphatic heterocycles. The zero-order valence-corrected chi connectivity index (χ0v) is 24.7. The van der Waals surface area contributed by atoms with Crippen LogP contribution in [0.5, 0.6) is 0 Å². The summed E-state index contributed by atoms with van der Waals surface area (Å²) in [6.07, 6.45) is 8.14. The number of nitrogens with zero attached hydrogens (tertiary/aromatic N) is 1. The second-order valence-corrected chi connectivity index (χ2v) is 11.7. The van der Waals surface area contributed by atoms with Crippen LogP contribution in [0.2, 0.25) is 0 Å². The van der Waals surface area contributed by atoms with Gasteiger partial charge in [0.15, 0.2) is 0 Å². The summed E-state index contributed by atoms with van der Waals surface area (Å²) in [4.78, 5) is 2.50. The van der Waals surface area contributed by atoms with Gasteiger partial charge in [-0.15, -0.1) is 0 Å². The van der Waals surface area contributed by atoms with Crippen LogP contribution in [0, 0.1) is 0 Å². The molecule has 6 heteroatoms. The van der Waals surface area contributed by atoms with Crippen LogP contribution in [0.4, 0.5) is 0 Å². The SMILES string of the molecule is C=C(CNC(C)(C)C(Cc1ccccc1)NC(=C)CN)NC(CCCNC(C)C)C(=C)N1CCCCCC1. The Morgan fingerprint density at radius 3 is 2.24 bits per heavy atom. The van der Waals surface area contributed by atoms with Crippen LogP contribution < -0.4 is 27.0 Å². The number of nitrogens with one attached hydrogen (secondary N) is 4. The Bertz CT molecular complexity index is 839. The molecule has 214 valence electrons. The van der Waals surface area contributed by atoms with E-state index >= 15 is 0 Å². The average molecular weight is 525 g/mol. The van der Waals surface area contributed by atoms with Crippen molar-refractivity contribution < 1.29 is 0 Å². The largest absolute Gasteiger partial charge is 0.383 e. The first-order valence-corrected chi connectivity index (χ1v) is 14.7. The standard InChI is InChI=1S/C32H56N6/c1-25(2)34-19-15-18-30(28(5)38-20-13-8-9-14-21-38)36-27(4)24-35-32(6,7)31(37-26(3)23-33)22-29-16-11-10-12-17-29/h10-12,16-17,25,30-31,34-37H,3-5,8-9,13-15,18-24,33H2,1-2,6-7H3. The minimum atomic E-state index is -0.225. The van der Waals surface area contributed by atoms with Crippen LogP contribution in [0.25, 0.3) is 0 Å². The molecule has 1 aliphatic rings. The molecule has 1 aromatic carbocycles. The lowest BCUT2D eigenvalue weighted by Crippen LogP contribution is -2.58. The minimum Gasteiger partial charge on any atom is -0.383 e. The molecule has 1 aromatic rings. The third-order valence-electron chi connectivity index (χ3n) is 7.55. The highest BCUT2D eigenvalue weighted by atomic mass is 15.2. The summed E-state index contributed by atoms with van der Waals surface area (Å²) in [6, 6.07) is 11.4. The summed E-state index contributed by atoms with van der Waals surface area (Å²) in [5.74, 6) is 0. The smallest absolute Gasteiger partial charge is 0.0653 e. The maximum Gasteiger partial charge on any atom is 0.0653 e. The summed E-state index contributed by atoms with van der Waals surface area (Å²) < 4.78 is 0. The van der Waals surface area contributed by atoms with Crippen LogP contribution in [-0.4, -0.2) is 61.3 Å². The third-order valence-corrected chi connectivity index (χ3v) is 7.55. The van der Waals surface area contributed by atoms with Gasteiger partial charge in [0.2, 0.25) is 0 Å². The number of hydrogen-bond acceptors (Lipinski definition) is 6. The number of likely N-dealkylation sites (tertiary alicyclic amines) is 1. The number of hydrogen-bond donors (Lipinski definition) is 5. The van der Waals surface area contributed by atoms with Gasteiger partial charge in [0.05, 0.1) is 6.04 Å². The Hall–Kier alpha value is -2.28. The van der Waals surface area contributed by atoms with Gasteiger partial charge in [-0.05, 0) is 58.1 Å². The fraction of sp³-hybridized carbons (Fsp3) is 0.625. The molecule has 0 amide bonds. The lowest BCUT2D eigenvalue weighted by atomic mass is 9.88. The Labute approximate surface area is 233 Å². The summed E-state index contributed by atoms with van der Waals surface area (Å²) in [7, 11) is 0. The molecule has 2 rings (SSSR count). The van der Waals surface area contributed by atoms with Crippen molar-refractivity contribution in [2.24, 2.45) is 5.73 Å². The Morgan fingerprint density at radius 1 is 0.974 bits per heavy atom. The number of benzene rings is 1. The first-order valence-electron chi connectivity index (χ1n) is 14.7. The Kier molecular flexibility index (Phi) is 14.0. The molecule has 6 nitrogen and oxygen atoms in total. The first kappa shape index (κ1) is 31.9. The van der Waals surface area contributed by atoms with E-state index in [9.17, 15) is 0 Å². The maximum absolute atomic E-state index is 5.88. The lowest BCUT2D eigenvalue weighted by Gasteiger charge is -2.38. The number of rotatable bonds is 18. The zero-order chi connectivity index (χ0) is 28.0. The molecule has 0 spiro atoms. The molecule has 0 bridgehead atoms. The monoisotopic (exact) mass is 524 g/mol. The van der Waals surface area contributed by atoms with Crippen molar-refractivity contribution in [3.63, 3.8) is 0 Å². The van der Waals surface area contributed by atoms with E-state index < -0.39 is 0 Å². The first-order chi connectivity index (χ1) is 18.1. The molecule has 38 heavy (non-hydrogen) atoms. The molecule has 1 heterocycles. The zero-order valence-electron chi connectivity index (χ0n) is 24.7. The normalized spacial score (nSPS) is 16.0. The fourth-order valence-corrected chi connectivity index (χ4v) is 4.99. The van der Waals surface area contributed by atoms with E-state index in [-0.39, 0.29) is 17.6 Å². The van der Waals surface area contributed by atoms with Gasteiger partial charge in [0.1, 0.15) is 0 Å². The fourth-order valence-electron chi connectivity index (χ4n) is 4.99. The van der Waals surface area contributed by atoms with Gasteiger partial charge < -0.3 is 31.9 Å². The highest BCUT2D eigenvalue weighted by Crippen LogP contribution is 2.20. The van der Waals surface area contributed by atoms with Crippen molar-refractivity contribution in [1.29, 1.82) is 0 Å². The van der Waals surface area contributed by atoms with Crippen molar-refractivity contribution in [3.8, 4) is 0 Å². The van der Waals surface area contributed by atoms with Gasteiger partial charge in [-0.2, -0.15) is 0 Å². The molecule has 1 fully saturated rings. The predicted octanol–water partition coefficient (Wildman–Crippen LogP) is 4.67. The van der Waals surface area contributed by atoms with Crippen molar-refractivity contribution in [2.75, 3.05) is 32.7 Å². The summed E-state index contributed by atoms with van der Waals surface area (Å²) in [6.45, 7) is 26.3. The third kappa shape index (κ3) is 11.6. The topological polar surface area (TPSA) is 77.4 Å². The summed E-state index contributed by atoms with van der Waals surface area (Å²) >= 11 is 0. The quantitative estimate of drug-likeness (QED) is 0.180. The highest BCUT2D eigenvalue weighted by molar-refractivity contribution is 5.19. The second kappa shape index (κ2) is 16.6. The molecule has 2 unspecified atom stereocenters. The molecule has 6 N–H and O–H groups in total. The van der Waals surface area contributed by atoms with Crippen molar-refractivity contribution >= 4 is 0 Å². The van der Waals surface area contributed by atoms with Crippen LogP contribution in [0.15, 0.2) is 67.2 Å². The molecule has 0 radical (unpaired) electrons. The molecular formula is C32H56N6. The highest BCUT2D eigenvalue weighted by Gasteiger charge is 2.30. The van der Waals surface area contributed by atoms with E-state index in [1.807, 2.05) is 0 Å². The Morgan fingerprint density at radius 2 is 1.63 bits per heavy atom. The van der Waals surface area contributed by atoms with Gasteiger partial charge in [0, 0.05) is 60.9 Å². The van der Waals surface area contributed by atoms with E-state index in [1.165, 1.54) is 36.9 Å². The molecule has 1 saturated heterocycles.